The molecule has 0 aliphatic heterocycles. The summed E-state index contributed by atoms with van der Waals surface area (Å²) in [6, 6.07) is 5.45. The molecule has 5 heteroatoms. The van der Waals surface area contributed by atoms with Crippen LogP contribution in [0.3, 0.4) is 0 Å². The lowest BCUT2D eigenvalue weighted by Gasteiger charge is -2.18. The molecule has 1 unspecified atom stereocenters. The van der Waals surface area contributed by atoms with E-state index < -0.39 is 0 Å². The molecule has 1 amide bonds. The fourth-order valence-electron chi connectivity index (χ4n) is 1.36. The maximum absolute atomic E-state index is 11.7. The Morgan fingerprint density at radius 3 is 2.53 bits per heavy atom. The largest absolute Gasteiger partial charge is 0.399 e. The van der Waals surface area contributed by atoms with Gasteiger partial charge in [0, 0.05) is 21.0 Å². The number of anilines is 2. The Bertz CT molecular complexity index is 407. The van der Waals surface area contributed by atoms with Crippen LogP contribution in [0.25, 0.3) is 0 Å². The number of hydrogen-bond donors (Lipinski definition) is 3. The van der Waals surface area contributed by atoms with Gasteiger partial charge in [-0.2, -0.15) is 0 Å². The minimum atomic E-state index is -0.269. The average molecular weight is 347 g/mol. The average Bonchev–Trinajstić information content (AvgIpc) is 2.21. The number of nitrogen functional groups attached to an aromatic ring is 1. The van der Waals surface area contributed by atoms with Gasteiger partial charge in [0.05, 0.1) is 0 Å². The van der Waals surface area contributed by atoms with Gasteiger partial charge >= 0.3 is 0 Å². The van der Waals surface area contributed by atoms with Crippen molar-refractivity contribution in [3.8, 4) is 0 Å². The summed E-state index contributed by atoms with van der Waals surface area (Å²) in [6.07, 6.45) is 0. The smallest absolute Gasteiger partial charge is 0.242 e. The van der Waals surface area contributed by atoms with Gasteiger partial charge in [0.2, 0.25) is 5.91 Å². The molecule has 0 radical (unpaired) electrons. The third-order valence-corrected chi connectivity index (χ3v) is 3.08. The Morgan fingerprint density at radius 1 is 1.35 bits per heavy atom. The molecule has 0 saturated carbocycles. The Kier molecular flexibility index (Phi) is 5.04. The van der Waals surface area contributed by atoms with Gasteiger partial charge in [-0.3, -0.25) is 4.79 Å². The summed E-state index contributed by atoms with van der Waals surface area (Å²) in [5.41, 5.74) is 7.32. The van der Waals surface area contributed by atoms with Crippen LogP contribution in [0, 0.1) is 3.57 Å². The lowest BCUT2D eigenvalue weighted by molar-refractivity contribution is -0.122. The fourth-order valence-corrected chi connectivity index (χ4v) is 2.05. The van der Waals surface area contributed by atoms with E-state index in [4.69, 9.17) is 5.73 Å². The van der Waals surface area contributed by atoms with E-state index in [2.05, 4.69) is 33.2 Å². The zero-order valence-corrected chi connectivity index (χ0v) is 12.4. The van der Waals surface area contributed by atoms with Gasteiger partial charge in [-0.1, -0.05) is 0 Å². The van der Waals surface area contributed by atoms with Crippen LogP contribution in [-0.4, -0.2) is 18.0 Å². The topological polar surface area (TPSA) is 67.2 Å². The summed E-state index contributed by atoms with van der Waals surface area (Å²) in [7, 11) is 0. The van der Waals surface area contributed by atoms with E-state index in [0.717, 1.165) is 14.9 Å². The molecule has 0 spiro atoms. The highest BCUT2D eigenvalue weighted by Gasteiger charge is 2.14. The lowest BCUT2D eigenvalue weighted by Crippen LogP contribution is -2.41. The van der Waals surface area contributed by atoms with Crippen molar-refractivity contribution in [1.29, 1.82) is 0 Å². The van der Waals surface area contributed by atoms with Crippen molar-refractivity contribution in [1.82, 2.24) is 5.32 Å². The van der Waals surface area contributed by atoms with Crippen LogP contribution in [0.5, 0.6) is 0 Å². The number of hydrogen-bond acceptors (Lipinski definition) is 3. The molecule has 0 aliphatic rings. The maximum Gasteiger partial charge on any atom is 0.242 e. The van der Waals surface area contributed by atoms with E-state index in [1.807, 2.05) is 39.0 Å². The van der Waals surface area contributed by atoms with Crippen molar-refractivity contribution in [2.75, 3.05) is 11.1 Å². The molecule has 0 aliphatic carbocycles. The lowest BCUT2D eigenvalue weighted by atomic mass is 10.2. The Labute approximate surface area is 115 Å². The van der Waals surface area contributed by atoms with Crippen LogP contribution < -0.4 is 16.4 Å². The van der Waals surface area contributed by atoms with Gasteiger partial charge in [0.25, 0.3) is 0 Å². The first-order valence-electron chi connectivity index (χ1n) is 5.52. The predicted molar refractivity (Wildman–Crippen MR) is 79.9 cm³/mol. The molecule has 17 heavy (non-hydrogen) atoms. The monoisotopic (exact) mass is 347 g/mol. The van der Waals surface area contributed by atoms with Gasteiger partial charge in [-0.15, -0.1) is 0 Å². The number of nitrogens with one attached hydrogen (secondary N) is 2. The van der Waals surface area contributed by atoms with E-state index in [1.54, 1.807) is 0 Å². The number of carbonyl (C=O) groups is 1. The molecule has 1 atom stereocenters. The Balaban J connectivity index is 2.67. The zero-order chi connectivity index (χ0) is 13.0. The highest BCUT2D eigenvalue weighted by molar-refractivity contribution is 14.1. The van der Waals surface area contributed by atoms with Crippen molar-refractivity contribution in [2.45, 2.75) is 32.9 Å². The van der Waals surface area contributed by atoms with Crippen molar-refractivity contribution in [3.63, 3.8) is 0 Å². The van der Waals surface area contributed by atoms with E-state index >= 15 is 0 Å². The van der Waals surface area contributed by atoms with Crippen LogP contribution in [0.15, 0.2) is 18.2 Å². The van der Waals surface area contributed by atoms with Gasteiger partial charge in [-0.05, 0) is 61.6 Å². The minimum Gasteiger partial charge on any atom is -0.399 e. The number of carbonyl (C=O) groups excluding carboxylic acids is 1. The first-order chi connectivity index (χ1) is 7.90. The summed E-state index contributed by atoms with van der Waals surface area (Å²) in [6.45, 7) is 5.72. The van der Waals surface area contributed by atoms with E-state index in [9.17, 15) is 4.79 Å². The number of halogens is 1. The Hall–Kier alpha value is -0.980. The quantitative estimate of drug-likeness (QED) is 0.578. The number of nitrogens with two attached hydrogens (primary N) is 1. The second-order valence-electron chi connectivity index (χ2n) is 4.27. The van der Waals surface area contributed by atoms with Gasteiger partial charge in [0.1, 0.15) is 6.04 Å². The second-order valence-corrected chi connectivity index (χ2v) is 5.43. The van der Waals surface area contributed by atoms with E-state index in [1.165, 1.54) is 0 Å². The molecule has 4 nitrogen and oxygen atoms in total. The summed E-state index contributed by atoms with van der Waals surface area (Å²) < 4.78 is 1.01. The Morgan fingerprint density at radius 2 is 2.00 bits per heavy atom. The van der Waals surface area contributed by atoms with Crippen molar-refractivity contribution < 1.29 is 4.79 Å². The molecule has 1 aromatic carbocycles. The molecule has 94 valence electrons. The summed E-state index contributed by atoms with van der Waals surface area (Å²) in [5.74, 6) is -0.00683. The van der Waals surface area contributed by atoms with Gasteiger partial charge in [0.15, 0.2) is 0 Å². The second kappa shape index (κ2) is 6.09. The third kappa shape index (κ3) is 4.41. The molecular weight excluding hydrogens is 329 g/mol. The van der Waals surface area contributed by atoms with Crippen molar-refractivity contribution >= 4 is 39.9 Å². The van der Waals surface area contributed by atoms with E-state index in [0.29, 0.717) is 0 Å². The first kappa shape index (κ1) is 14.1. The molecule has 1 rings (SSSR count). The minimum absolute atomic E-state index is 0.00683. The SMILES string of the molecule is CC(C)NC(=O)C(C)Nc1ccc(N)cc1I. The van der Waals surface area contributed by atoms with Crippen LogP contribution in [0.4, 0.5) is 11.4 Å². The highest BCUT2D eigenvalue weighted by atomic mass is 127. The highest BCUT2D eigenvalue weighted by Crippen LogP contribution is 2.21. The third-order valence-electron chi connectivity index (χ3n) is 2.19. The van der Waals surface area contributed by atoms with Crippen LogP contribution in [-0.2, 0) is 4.79 Å². The van der Waals surface area contributed by atoms with Crippen LogP contribution >= 0.6 is 22.6 Å². The van der Waals surface area contributed by atoms with Crippen molar-refractivity contribution in [2.24, 2.45) is 0 Å². The zero-order valence-electron chi connectivity index (χ0n) is 10.3. The maximum atomic E-state index is 11.7. The van der Waals surface area contributed by atoms with Crippen LogP contribution in [0.1, 0.15) is 20.8 Å². The predicted octanol–water partition coefficient (Wildman–Crippen LogP) is 2.20. The normalized spacial score (nSPS) is 12.3. The molecule has 0 fully saturated rings. The first-order valence-corrected chi connectivity index (χ1v) is 6.60. The number of amides is 1. The number of benzene rings is 1. The molecular formula is C12H18IN3O. The van der Waals surface area contributed by atoms with Gasteiger partial charge in [-0.25, -0.2) is 0 Å². The molecule has 0 aromatic heterocycles. The fraction of sp³-hybridized carbons (Fsp3) is 0.417. The summed E-state index contributed by atoms with van der Waals surface area (Å²) in [4.78, 5) is 11.7. The van der Waals surface area contributed by atoms with Crippen LogP contribution in [0.2, 0.25) is 0 Å². The van der Waals surface area contributed by atoms with Crippen molar-refractivity contribution in [3.05, 3.63) is 21.8 Å². The number of rotatable bonds is 4. The van der Waals surface area contributed by atoms with E-state index in [-0.39, 0.29) is 18.0 Å². The molecule has 0 bridgehead atoms. The van der Waals surface area contributed by atoms with Gasteiger partial charge < -0.3 is 16.4 Å². The summed E-state index contributed by atoms with van der Waals surface area (Å²) >= 11 is 2.19. The molecule has 1 aromatic rings. The molecule has 0 saturated heterocycles. The standard InChI is InChI=1S/C12H18IN3O/c1-7(2)15-12(17)8(3)16-11-5-4-9(14)6-10(11)13/h4-8,16H,14H2,1-3H3,(H,15,17). The molecule has 4 N–H and O–H groups in total. The molecule has 0 heterocycles. The summed E-state index contributed by atoms with van der Waals surface area (Å²) in [5, 5.41) is 6.03.